The molecular formula is C14H19NO. The highest BCUT2D eigenvalue weighted by molar-refractivity contribution is 5.30. The van der Waals surface area contributed by atoms with Crippen molar-refractivity contribution in [3.63, 3.8) is 0 Å². The second-order valence-corrected chi connectivity index (χ2v) is 4.84. The number of rotatable bonds is 3. The van der Waals surface area contributed by atoms with Gasteiger partial charge < -0.3 is 4.74 Å². The first-order valence-corrected chi connectivity index (χ1v) is 5.49. The lowest BCUT2D eigenvalue weighted by molar-refractivity contribution is 0.313. The van der Waals surface area contributed by atoms with E-state index in [-0.39, 0.29) is 5.41 Å². The molecule has 0 saturated heterocycles. The smallest absolute Gasteiger partial charge is 0.213 e. The van der Waals surface area contributed by atoms with Gasteiger partial charge in [-0.2, -0.15) is 0 Å². The molecule has 0 radical (unpaired) electrons. The Balaban J connectivity index is 2.80. The van der Waals surface area contributed by atoms with Crippen molar-refractivity contribution >= 4 is 0 Å². The Kier molecular flexibility index (Phi) is 3.95. The highest BCUT2D eigenvalue weighted by Crippen LogP contribution is 2.25. The van der Waals surface area contributed by atoms with Gasteiger partial charge in [-0.15, -0.1) is 12.3 Å². The van der Waals surface area contributed by atoms with Crippen LogP contribution in [-0.4, -0.2) is 11.6 Å². The van der Waals surface area contributed by atoms with Crippen LogP contribution in [0.2, 0.25) is 0 Å². The Hall–Kier alpha value is -1.49. The highest BCUT2D eigenvalue weighted by Gasteiger charge is 2.17. The number of hydrogen-bond donors (Lipinski definition) is 0. The Bertz CT molecular complexity index is 396. The molecule has 16 heavy (non-hydrogen) atoms. The molecule has 1 aromatic rings. The number of aromatic nitrogens is 1. The predicted molar refractivity (Wildman–Crippen MR) is 66.6 cm³/mol. The minimum atomic E-state index is 0.119. The lowest BCUT2D eigenvalue weighted by Crippen LogP contribution is -2.14. The number of ether oxygens (including phenoxy) is 1. The van der Waals surface area contributed by atoms with Crippen molar-refractivity contribution in [2.24, 2.45) is 0 Å². The number of hydrogen-bond acceptors (Lipinski definition) is 2. The largest absolute Gasteiger partial charge is 0.477 e. The van der Waals surface area contributed by atoms with Crippen molar-refractivity contribution in [2.75, 3.05) is 6.61 Å². The third kappa shape index (κ3) is 3.27. The first-order chi connectivity index (χ1) is 7.45. The monoisotopic (exact) mass is 217 g/mol. The molecule has 0 saturated carbocycles. The van der Waals surface area contributed by atoms with E-state index in [0.717, 1.165) is 5.69 Å². The summed E-state index contributed by atoms with van der Waals surface area (Å²) in [6.07, 6.45) is 5.77. The fraction of sp³-hybridized carbons (Fsp3) is 0.500. The van der Waals surface area contributed by atoms with E-state index in [0.29, 0.717) is 18.9 Å². The zero-order valence-electron chi connectivity index (χ0n) is 10.5. The van der Waals surface area contributed by atoms with Gasteiger partial charge in [0.15, 0.2) is 0 Å². The molecule has 0 aliphatic carbocycles. The molecule has 0 amide bonds. The molecular weight excluding hydrogens is 198 g/mol. The molecule has 1 heterocycles. The van der Waals surface area contributed by atoms with Gasteiger partial charge in [0.1, 0.15) is 6.61 Å². The number of pyridine rings is 1. The van der Waals surface area contributed by atoms with Crippen LogP contribution in [-0.2, 0) is 5.41 Å². The van der Waals surface area contributed by atoms with Crippen LogP contribution in [0.25, 0.3) is 0 Å². The van der Waals surface area contributed by atoms with Gasteiger partial charge in [0, 0.05) is 18.2 Å². The maximum atomic E-state index is 5.44. The van der Waals surface area contributed by atoms with E-state index in [1.165, 1.54) is 5.56 Å². The van der Waals surface area contributed by atoms with Gasteiger partial charge in [0.25, 0.3) is 0 Å². The number of nitrogens with zero attached hydrogens (tertiary/aromatic N) is 1. The lowest BCUT2D eigenvalue weighted by Gasteiger charge is -2.21. The van der Waals surface area contributed by atoms with E-state index >= 15 is 0 Å². The van der Waals surface area contributed by atoms with Crippen molar-refractivity contribution in [1.29, 1.82) is 0 Å². The third-order valence-electron chi connectivity index (χ3n) is 2.36. The fourth-order valence-electron chi connectivity index (χ4n) is 1.63. The van der Waals surface area contributed by atoms with Crippen LogP contribution in [0.5, 0.6) is 5.88 Å². The molecule has 0 spiro atoms. The van der Waals surface area contributed by atoms with Gasteiger partial charge >= 0.3 is 0 Å². The Morgan fingerprint density at radius 2 is 2.06 bits per heavy atom. The number of terminal acetylenes is 1. The molecule has 1 rings (SSSR count). The van der Waals surface area contributed by atoms with Gasteiger partial charge in [0.2, 0.25) is 5.88 Å². The summed E-state index contributed by atoms with van der Waals surface area (Å²) in [6, 6.07) is 3.98. The maximum Gasteiger partial charge on any atom is 0.213 e. The zero-order chi connectivity index (χ0) is 12.2. The Morgan fingerprint density at radius 1 is 1.38 bits per heavy atom. The molecule has 0 atom stereocenters. The Morgan fingerprint density at radius 3 is 2.56 bits per heavy atom. The summed E-state index contributed by atoms with van der Waals surface area (Å²) in [5, 5.41) is 0. The summed E-state index contributed by atoms with van der Waals surface area (Å²) in [5.74, 6) is 3.19. The number of aryl methyl sites for hydroxylation is 1. The molecule has 0 bridgehead atoms. The molecule has 0 aliphatic heterocycles. The average Bonchev–Trinajstić information content (AvgIpc) is 2.16. The first-order valence-electron chi connectivity index (χ1n) is 5.49. The van der Waals surface area contributed by atoms with Crippen LogP contribution in [0.4, 0.5) is 0 Å². The van der Waals surface area contributed by atoms with Crippen LogP contribution in [0.1, 0.15) is 38.4 Å². The van der Waals surface area contributed by atoms with Crippen molar-refractivity contribution in [3.8, 4) is 18.2 Å². The van der Waals surface area contributed by atoms with E-state index in [1.807, 2.05) is 13.0 Å². The van der Waals surface area contributed by atoms with E-state index in [4.69, 9.17) is 11.2 Å². The molecule has 2 heteroatoms. The zero-order valence-corrected chi connectivity index (χ0v) is 10.5. The molecule has 0 aliphatic rings. The van der Waals surface area contributed by atoms with Gasteiger partial charge in [-0.05, 0) is 17.9 Å². The minimum absolute atomic E-state index is 0.119. The van der Waals surface area contributed by atoms with Crippen molar-refractivity contribution in [1.82, 2.24) is 4.98 Å². The standard InChI is InChI=1S/C14H19NO/c1-6-7-10-16-13-9-8-12(11(2)15-13)14(3,4)5/h1,8-9H,7,10H2,2-5H3. The van der Waals surface area contributed by atoms with Crippen molar-refractivity contribution in [3.05, 3.63) is 23.4 Å². The molecule has 2 nitrogen and oxygen atoms in total. The summed E-state index contributed by atoms with van der Waals surface area (Å²) in [6.45, 7) is 9.06. The van der Waals surface area contributed by atoms with E-state index in [1.54, 1.807) is 0 Å². The van der Waals surface area contributed by atoms with Gasteiger partial charge in [0.05, 0.1) is 0 Å². The van der Waals surface area contributed by atoms with Crippen molar-refractivity contribution < 1.29 is 4.74 Å². The first kappa shape index (κ1) is 12.6. The molecule has 86 valence electrons. The molecule has 0 fully saturated rings. The minimum Gasteiger partial charge on any atom is -0.477 e. The quantitative estimate of drug-likeness (QED) is 0.573. The van der Waals surface area contributed by atoms with E-state index in [9.17, 15) is 0 Å². The van der Waals surface area contributed by atoms with Gasteiger partial charge in [-0.1, -0.05) is 26.8 Å². The maximum absolute atomic E-state index is 5.44. The SMILES string of the molecule is C#CCCOc1ccc(C(C)(C)C)c(C)n1. The Labute approximate surface area is 98.0 Å². The van der Waals surface area contributed by atoms with Crippen LogP contribution in [0, 0.1) is 19.3 Å². The van der Waals surface area contributed by atoms with Crippen LogP contribution < -0.4 is 4.74 Å². The molecule has 0 unspecified atom stereocenters. The lowest BCUT2D eigenvalue weighted by atomic mass is 9.86. The fourth-order valence-corrected chi connectivity index (χ4v) is 1.63. The predicted octanol–water partition coefficient (Wildman–Crippen LogP) is 3.09. The second-order valence-electron chi connectivity index (χ2n) is 4.84. The third-order valence-corrected chi connectivity index (χ3v) is 2.36. The molecule has 0 N–H and O–H groups in total. The molecule has 0 aromatic carbocycles. The van der Waals surface area contributed by atoms with Gasteiger partial charge in [-0.3, -0.25) is 0 Å². The topological polar surface area (TPSA) is 22.1 Å². The van der Waals surface area contributed by atoms with Crippen molar-refractivity contribution in [2.45, 2.75) is 39.5 Å². The second kappa shape index (κ2) is 5.03. The average molecular weight is 217 g/mol. The van der Waals surface area contributed by atoms with Crippen LogP contribution >= 0.6 is 0 Å². The highest BCUT2D eigenvalue weighted by atomic mass is 16.5. The summed E-state index contributed by atoms with van der Waals surface area (Å²) in [4.78, 5) is 4.42. The summed E-state index contributed by atoms with van der Waals surface area (Å²) in [5.41, 5.74) is 2.39. The van der Waals surface area contributed by atoms with E-state index in [2.05, 4.69) is 37.7 Å². The summed E-state index contributed by atoms with van der Waals surface area (Å²) >= 11 is 0. The normalized spacial score (nSPS) is 10.9. The summed E-state index contributed by atoms with van der Waals surface area (Å²) in [7, 11) is 0. The molecule has 1 aromatic heterocycles. The van der Waals surface area contributed by atoms with Crippen LogP contribution in [0.15, 0.2) is 12.1 Å². The van der Waals surface area contributed by atoms with Crippen LogP contribution in [0.3, 0.4) is 0 Å². The summed E-state index contributed by atoms with van der Waals surface area (Å²) < 4.78 is 5.44. The van der Waals surface area contributed by atoms with Gasteiger partial charge in [-0.25, -0.2) is 4.98 Å². The van der Waals surface area contributed by atoms with E-state index < -0.39 is 0 Å².